The highest BCUT2D eigenvalue weighted by Gasteiger charge is 2.49. The molecule has 2 nitrogen and oxygen atoms in total. The highest BCUT2D eigenvalue weighted by molar-refractivity contribution is 4.98. The maximum Gasteiger partial charge on any atom is 0.155 e. The van der Waals surface area contributed by atoms with Gasteiger partial charge >= 0.3 is 0 Å². The highest BCUT2D eigenvalue weighted by atomic mass is 16.7. The van der Waals surface area contributed by atoms with Gasteiger partial charge in [-0.05, 0) is 49.9 Å². The molecule has 2 fully saturated rings. The highest BCUT2D eigenvalue weighted by Crippen LogP contribution is 2.53. The minimum Gasteiger partial charge on any atom is -0.353 e. The van der Waals surface area contributed by atoms with Crippen molar-refractivity contribution in [3.8, 4) is 0 Å². The van der Waals surface area contributed by atoms with Gasteiger partial charge in [-0.1, -0.05) is 33.6 Å². The van der Waals surface area contributed by atoms with Crippen LogP contribution in [0.25, 0.3) is 0 Å². The Morgan fingerprint density at radius 2 is 1.89 bits per heavy atom. The molecular weight excluding hydrogens is 224 g/mol. The summed E-state index contributed by atoms with van der Waals surface area (Å²) in [6.07, 6.45) is 6.76. The summed E-state index contributed by atoms with van der Waals surface area (Å²) in [6.45, 7) is 9.94. The summed E-state index contributed by atoms with van der Waals surface area (Å²) >= 11 is 0. The molecule has 2 bridgehead atoms. The molecule has 6 atom stereocenters. The van der Waals surface area contributed by atoms with E-state index in [1.54, 1.807) is 0 Å². The third kappa shape index (κ3) is 3.08. The van der Waals surface area contributed by atoms with Gasteiger partial charge in [0.2, 0.25) is 0 Å². The third-order valence-corrected chi connectivity index (χ3v) is 5.30. The maximum absolute atomic E-state index is 6.12. The van der Waals surface area contributed by atoms with E-state index >= 15 is 0 Å². The first-order chi connectivity index (χ1) is 8.63. The van der Waals surface area contributed by atoms with E-state index in [1.165, 1.54) is 25.7 Å². The number of fused-ring (bicyclic) bond motifs is 2. The first-order valence-electron chi connectivity index (χ1n) is 7.90. The summed E-state index contributed by atoms with van der Waals surface area (Å²) < 4.78 is 11.9. The fourth-order valence-corrected chi connectivity index (χ4v) is 3.92. The van der Waals surface area contributed by atoms with Gasteiger partial charge in [0, 0.05) is 6.61 Å². The summed E-state index contributed by atoms with van der Waals surface area (Å²) in [6, 6.07) is 0. The Kier molecular flexibility index (Phi) is 5.08. The van der Waals surface area contributed by atoms with Crippen LogP contribution >= 0.6 is 0 Å². The van der Waals surface area contributed by atoms with Gasteiger partial charge in [-0.15, -0.1) is 0 Å². The normalized spacial score (nSPS) is 40.3. The number of hydrogen-bond donors (Lipinski definition) is 0. The lowest BCUT2D eigenvalue weighted by atomic mass is 9.80. The van der Waals surface area contributed by atoms with E-state index in [4.69, 9.17) is 9.47 Å². The summed E-state index contributed by atoms with van der Waals surface area (Å²) in [5.41, 5.74) is 0. The lowest BCUT2D eigenvalue weighted by Crippen LogP contribution is -2.33. The monoisotopic (exact) mass is 254 g/mol. The molecule has 0 aromatic heterocycles. The van der Waals surface area contributed by atoms with E-state index in [0.717, 1.165) is 36.7 Å². The Hall–Kier alpha value is -0.0800. The molecule has 0 aliphatic heterocycles. The lowest BCUT2D eigenvalue weighted by Gasteiger charge is -2.33. The zero-order chi connectivity index (χ0) is 13.1. The van der Waals surface area contributed by atoms with E-state index in [9.17, 15) is 0 Å². The molecule has 2 heteroatoms. The third-order valence-electron chi connectivity index (χ3n) is 5.30. The van der Waals surface area contributed by atoms with Crippen molar-refractivity contribution in [1.29, 1.82) is 0 Å². The lowest BCUT2D eigenvalue weighted by molar-refractivity contribution is -0.177. The zero-order valence-corrected chi connectivity index (χ0v) is 12.5. The predicted molar refractivity (Wildman–Crippen MR) is 74.4 cm³/mol. The van der Waals surface area contributed by atoms with Gasteiger partial charge in [-0.2, -0.15) is 0 Å². The molecular formula is C16H30O2. The summed E-state index contributed by atoms with van der Waals surface area (Å²) in [4.78, 5) is 0. The Morgan fingerprint density at radius 1 is 1.11 bits per heavy atom. The second-order valence-corrected chi connectivity index (χ2v) is 6.43. The van der Waals surface area contributed by atoms with E-state index in [2.05, 4.69) is 27.7 Å². The maximum atomic E-state index is 6.12. The summed E-state index contributed by atoms with van der Waals surface area (Å²) in [7, 11) is 0. The van der Waals surface area contributed by atoms with Gasteiger partial charge in [-0.3, -0.25) is 0 Å². The molecule has 2 rings (SSSR count). The second kappa shape index (κ2) is 6.38. The van der Waals surface area contributed by atoms with Crippen LogP contribution in [0.1, 0.15) is 59.8 Å². The van der Waals surface area contributed by atoms with Crippen LogP contribution in [0, 0.1) is 23.7 Å². The molecule has 2 saturated carbocycles. The van der Waals surface area contributed by atoms with Gasteiger partial charge in [0.05, 0.1) is 6.10 Å². The molecule has 2 aliphatic carbocycles. The Morgan fingerprint density at radius 3 is 2.50 bits per heavy atom. The second-order valence-electron chi connectivity index (χ2n) is 6.43. The molecule has 0 spiro atoms. The van der Waals surface area contributed by atoms with E-state index in [1.807, 2.05) is 0 Å². The number of rotatable bonds is 7. The number of ether oxygens (including phenoxy) is 2. The Labute approximate surface area is 112 Å². The SMILES string of the molecule is CCCCCOC(C)OC1CC2CC1C(C)C2C. The topological polar surface area (TPSA) is 18.5 Å². The van der Waals surface area contributed by atoms with Gasteiger partial charge < -0.3 is 9.47 Å². The van der Waals surface area contributed by atoms with Gasteiger partial charge in [0.1, 0.15) is 0 Å². The zero-order valence-electron chi connectivity index (χ0n) is 12.5. The molecule has 0 aromatic carbocycles. The molecule has 0 heterocycles. The fourth-order valence-electron chi connectivity index (χ4n) is 3.92. The first-order valence-corrected chi connectivity index (χ1v) is 7.90. The van der Waals surface area contributed by atoms with Crippen molar-refractivity contribution in [2.24, 2.45) is 23.7 Å². The van der Waals surface area contributed by atoms with Gasteiger partial charge in [-0.25, -0.2) is 0 Å². The smallest absolute Gasteiger partial charge is 0.155 e. The van der Waals surface area contributed by atoms with Crippen LogP contribution in [-0.4, -0.2) is 19.0 Å². The van der Waals surface area contributed by atoms with E-state index in [-0.39, 0.29) is 6.29 Å². The molecule has 6 unspecified atom stereocenters. The van der Waals surface area contributed by atoms with Crippen molar-refractivity contribution in [3.05, 3.63) is 0 Å². The minimum absolute atomic E-state index is 0.0197. The van der Waals surface area contributed by atoms with Crippen molar-refractivity contribution in [2.45, 2.75) is 72.2 Å². The quantitative estimate of drug-likeness (QED) is 0.500. The van der Waals surface area contributed by atoms with E-state index in [0.29, 0.717) is 6.10 Å². The van der Waals surface area contributed by atoms with Crippen LogP contribution in [-0.2, 0) is 9.47 Å². The molecule has 2 aliphatic rings. The molecule has 0 aromatic rings. The summed E-state index contributed by atoms with van der Waals surface area (Å²) in [5.74, 6) is 3.42. The van der Waals surface area contributed by atoms with Crippen LogP contribution < -0.4 is 0 Å². The molecule has 0 saturated heterocycles. The standard InChI is InChI=1S/C16H30O2/c1-5-6-7-8-17-13(4)18-16-10-14-9-15(16)12(3)11(14)2/h11-16H,5-10H2,1-4H3. The minimum atomic E-state index is -0.0197. The van der Waals surface area contributed by atoms with Crippen LogP contribution in [0.5, 0.6) is 0 Å². The van der Waals surface area contributed by atoms with Gasteiger partial charge in [0.15, 0.2) is 6.29 Å². The molecule has 0 radical (unpaired) electrons. The van der Waals surface area contributed by atoms with E-state index < -0.39 is 0 Å². The molecule has 0 N–H and O–H groups in total. The fraction of sp³-hybridized carbons (Fsp3) is 1.00. The van der Waals surface area contributed by atoms with Crippen molar-refractivity contribution in [3.63, 3.8) is 0 Å². The molecule has 106 valence electrons. The number of unbranched alkanes of at least 4 members (excludes halogenated alkanes) is 2. The van der Waals surface area contributed by atoms with Crippen molar-refractivity contribution >= 4 is 0 Å². The van der Waals surface area contributed by atoms with Crippen LogP contribution in [0.15, 0.2) is 0 Å². The molecule has 18 heavy (non-hydrogen) atoms. The first kappa shape index (κ1) is 14.3. The average Bonchev–Trinajstić information content (AvgIpc) is 2.86. The van der Waals surface area contributed by atoms with Crippen molar-refractivity contribution < 1.29 is 9.47 Å². The largest absolute Gasteiger partial charge is 0.353 e. The van der Waals surface area contributed by atoms with Crippen LogP contribution in [0.3, 0.4) is 0 Å². The average molecular weight is 254 g/mol. The van der Waals surface area contributed by atoms with Crippen LogP contribution in [0.2, 0.25) is 0 Å². The summed E-state index contributed by atoms with van der Waals surface area (Å²) in [5, 5.41) is 0. The Bertz CT molecular complexity index is 251. The van der Waals surface area contributed by atoms with Gasteiger partial charge in [0.25, 0.3) is 0 Å². The predicted octanol–water partition coefficient (Wildman–Crippen LogP) is 4.24. The molecule has 0 amide bonds. The van der Waals surface area contributed by atoms with Crippen LogP contribution in [0.4, 0.5) is 0 Å². The number of hydrogen-bond acceptors (Lipinski definition) is 2. The Balaban J connectivity index is 1.68. The van der Waals surface area contributed by atoms with Crippen molar-refractivity contribution in [2.75, 3.05) is 6.61 Å². The van der Waals surface area contributed by atoms with Crippen molar-refractivity contribution in [1.82, 2.24) is 0 Å².